The Morgan fingerprint density at radius 1 is 1.04 bits per heavy atom. The van der Waals surface area contributed by atoms with Crippen molar-refractivity contribution in [1.29, 1.82) is 0 Å². The first-order valence-corrected chi connectivity index (χ1v) is 8.49. The van der Waals surface area contributed by atoms with Gasteiger partial charge in [-0.15, -0.1) is 0 Å². The van der Waals surface area contributed by atoms with Crippen LogP contribution in [-0.4, -0.2) is 17.6 Å². The van der Waals surface area contributed by atoms with Gasteiger partial charge in [-0.05, 0) is 29.8 Å². The molecule has 7 heteroatoms. The topological polar surface area (TPSA) is 58.2 Å². The number of hydrogen-bond donors (Lipinski definition) is 2. The Balaban J connectivity index is 2.00. The Kier molecular flexibility index (Phi) is 6.94. The molecule has 2 rings (SSSR count). The Morgan fingerprint density at radius 3 is 2.24 bits per heavy atom. The lowest BCUT2D eigenvalue weighted by atomic mass is 10.0. The Morgan fingerprint density at radius 2 is 1.68 bits per heavy atom. The van der Waals surface area contributed by atoms with Crippen molar-refractivity contribution in [3.63, 3.8) is 0 Å². The molecule has 1 unspecified atom stereocenters. The minimum Gasteiger partial charge on any atom is -0.349 e. The molecule has 0 heterocycles. The van der Waals surface area contributed by atoms with Gasteiger partial charge in [-0.1, -0.05) is 42.1 Å². The largest absolute Gasteiger partial charge is 0.349 e. The minimum atomic E-state index is -2.48. The van der Waals surface area contributed by atoms with Crippen molar-refractivity contribution in [3.8, 4) is 0 Å². The van der Waals surface area contributed by atoms with Crippen LogP contribution in [0.15, 0.2) is 59.5 Å². The van der Waals surface area contributed by atoms with Gasteiger partial charge in [-0.2, -0.15) is 8.78 Å². The van der Waals surface area contributed by atoms with Gasteiger partial charge in [-0.25, -0.2) is 0 Å². The van der Waals surface area contributed by atoms with E-state index >= 15 is 0 Å². The number of thioether (sulfide) groups is 1. The lowest BCUT2D eigenvalue weighted by Crippen LogP contribution is -2.29. The van der Waals surface area contributed by atoms with Crippen molar-refractivity contribution in [3.05, 3.63) is 60.2 Å². The number of carbonyl (C=O) groups is 2. The summed E-state index contributed by atoms with van der Waals surface area (Å²) in [6.45, 7) is 1.40. The van der Waals surface area contributed by atoms with Gasteiger partial charge in [0.25, 0.3) is 5.76 Å². The van der Waals surface area contributed by atoms with Crippen LogP contribution < -0.4 is 10.6 Å². The van der Waals surface area contributed by atoms with Crippen LogP contribution in [0.3, 0.4) is 0 Å². The summed E-state index contributed by atoms with van der Waals surface area (Å²) in [4.78, 5) is 24.1. The Bertz CT molecular complexity index is 709. The monoisotopic (exact) mass is 364 g/mol. The highest BCUT2D eigenvalue weighted by Gasteiger charge is 2.17. The van der Waals surface area contributed by atoms with E-state index in [1.165, 1.54) is 19.1 Å². The second-order valence-corrected chi connectivity index (χ2v) is 6.38. The number of alkyl halides is 2. The highest BCUT2D eigenvalue weighted by molar-refractivity contribution is 7.99. The fourth-order valence-electron chi connectivity index (χ4n) is 2.30. The molecule has 0 saturated carbocycles. The molecule has 4 nitrogen and oxygen atoms in total. The highest BCUT2D eigenvalue weighted by atomic mass is 32.2. The number of halogens is 2. The summed E-state index contributed by atoms with van der Waals surface area (Å²) < 4.78 is 24.6. The smallest absolute Gasteiger partial charge is 0.288 e. The van der Waals surface area contributed by atoms with E-state index in [0.717, 1.165) is 5.56 Å². The van der Waals surface area contributed by atoms with Crippen LogP contribution in [0.25, 0.3) is 0 Å². The van der Waals surface area contributed by atoms with Crippen molar-refractivity contribution in [2.45, 2.75) is 30.0 Å². The van der Waals surface area contributed by atoms with Crippen molar-refractivity contribution >= 4 is 29.3 Å². The maximum absolute atomic E-state index is 12.3. The lowest BCUT2D eigenvalue weighted by Gasteiger charge is -2.18. The average Bonchev–Trinajstić information content (AvgIpc) is 2.56. The van der Waals surface area contributed by atoms with E-state index in [1.807, 2.05) is 30.3 Å². The molecule has 2 amide bonds. The van der Waals surface area contributed by atoms with Gasteiger partial charge in [0.05, 0.1) is 12.5 Å². The summed E-state index contributed by atoms with van der Waals surface area (Å²) in [5.41, 5.74) is 1.34. The maximum Gasteiger partial charge on any atom is 0.288 e. The molecule has 0 aromatic heterocycles. The lowest BCUT2D eigenvalue weighted by molar-refractivity contribution is -0.120. The predicted molar refractivity (Wildman–Crippen MR) is 94.5 cm³/mol. The molecule has 0 aliphatic carbocycles. The summed E-state index contributed by atoms with van der Waals surface area (Å²) in [6.07, 6.45) is 0.0666. The average molecular weight is 364 g/mol. The predicted octanol–water partition coefficient (Wildman–Crippen LogP) is 4.21. The second kappa shape index (κ2) is 9.17. The zero-order valence-corrected chi connectivity index (χ0v) is 14.4. The Labute approximate surface area is 149 Å². The van der Waals surface area contributed by atoms with Crippen LogP contribution in [-0.2, 0) is 9.59 Å². The van der Waals surface area contributed by atoms with E-state index < -0.39 is 11.8 Å². The molecule has 0 radical (unpaired) electrons. The van der Waals surface area contributed by atoms with E-state index in [0.29, 0.717) is 22.3 Å². The summed E-state index contributed by atoms with van der Waals surface area (Å²) >= 11 is 0.447. The zero-order chi connectivity index (χ0) is 18.2. The highest BCUT2D eigenvalue weighted by Crippen LogP contribution is 2.26. The van der Waals surface area contributed by atoms with Gasteiger partial charge in [0, 0.05) is 17.5 Å². The normalized spacial score (nSPS) is 11.8. The van der Waals surface area contributed by atoms with Crippen LogP contribution in [0.4, 0.5) is 14.5 Å². The second-order valence-electron chi connectivity index (χ2n) is 5.32. The summed E-state index contributed by atoms with van der Waals surface area (Å²) in [7, 11) is 0. The van der Waals surface area contributed by atoms with Gasteiger partial charge in [-0.3, -0.25) is 9.59 Å². The zero-order valence-electron chi connectivity index (χ0n) is 13.5. The quantitative estimate of drug-likeness (QED) is 0.724. The summed E-state index contributed by atoms with van der Waals surface area (Å²) in [5, 5.41) is 5.47. The van der Waals surface area contributed by atoms with Gasteiger partial charge >= 0.3 is 0 Å². The third kappa shape index (κ3) is 6.54. The Hall–Kier alpha value is -2.41. The van der Waals surface area contributed by atoms with Gasteiger partial charge < -0.3 is 10.6 Å². The van der Waals surface area contributed by atoms with Crippen LogP contribution in [0.1, 0.15) is 24.9 Å². The number of benzene rings is 2. The van der Waals surface area contributed by atoms with Crippen LogP contribution >= 0.6 is 11.8 Å². The van der Waals surface area contributed by atoms with Crippen molar-refractivity contribution in [2.75, 3.05) is 5.32 Å². The van der Waals surface area contributed by atoms with Gasteiger partial charge in [0.15, 0.2) is 0 Å². The number of amides is 2. The van der Waals surface area contributed by atoms with E-state index in [-0.39, 0.29) is 18.2 Å². The first-order chi connectivity index (χ1) is 11.9. The van der Waals surface area contributed by atoms with Gasteiger partial charge in [0.1, 0.15) is 0 Å². The van der Waals surface area contributed by atoms with Crippen molar-refractivity contribution in [2.24, 2.45) is 0 Å². The molecule has 0 saturated heterocycles. The number of rotatable bonds is 7. The number of carbonyl (C=O) groups excluding carboxylic acids is 2. The van der Waals surface area contributed by atoms with Crippen LogP contribution in [0, 0.1) is 0 Å². The molecule has 0 spiro atoms. The third-order valence-corrected chi connectivity index (χ3v) is 4.05. The molecule has 0 fully saturated rings. The minimum absolute atomic E-state index is 0.0666. The fraction of sp³-hybridized carbons (Fsp3) is 0.222. The molecular weight excluding hydrogens is 346 g/mol. The van der Waals surface area contributed by atoms with Crippen molar-refractivity contribution < 1.29 is 18.4 Å². The molecule has 1 atom stereocenters. The molecule has 2 N–H and O–H groups in total. The first kappa shape index (κ1) is 18.9. The number of hydrogen-bond acceptors (Lipinski definition) is 3. The molecule has 2 aromatic carbocycles. The van der Waals surface area contributed by atoms with Crippen molar-refractivity contribution in [1.82, 2.24) is 5.32 Å². The van der Waals surface area contributed by atoms with E-state index in [2.05, 4.69) is 10.6 Å². The first-order valence-electron chi connectivity index (χ1n) is 7.61. The number of nitrogens with one attached hydrogen (secondary N) is 2. The van der Waals surface area contributed by atoms with E-state index in [9.17, 15) is 18.4 Å². The molecule has 0 aliphatic heterocycles. The molecular formula is C18H18F2N2O2S. The third-order valence-electron chi connectivity index (χ3n) is 3.33. The summed E-state index contributed by atoms with van der Waals surface area (Å²) in [5.74, 6) is -2.99. The standard InChI is InChI=1S/C18H18F2N2O2S/c1-12(23)21-16(13-5-3-2-4-6-13)11-17(24)22-14-7-9-15(10-8-14)25-18(19)20/h2-10,16,18H,11H2,1H3,(H,21,23)(H,22,24). The van der Waals surface area contributed by atoms with Gasteiger partial charge in [0.2, 0.25) is 11.8 Å². The number of anilines is 1. The SMILES string of the molecule is CC(=O)NC(CC(=O)Nc1ccc(SC(F)F)cc1)c1ccccc1. The van der Waals surface area contributed by atoms with E-state index in [1.54, 1.807) is 12.1 Å². The molecule has 2 aromatic rings. The van der Waals surface area contributed by atoms with Crippen LogP contribution in [0.2, 0.25) is 0 Å². The molecule has 0 bridgehead atoms. The van der Waals surface area contributed by atoms with E-state index in [4.69, 9.17) is 0 Å². The summed E-state index contributed by atoms with van der Waals surface area (Å²) in [6, 6.07) is 14.9. The fourth-order valence-corrected chi connectivity index (χ4v) is 2.80. The molecule has 25 heavy (non-hydrogen) atoms. The van der Waals surface area contributed by atoms with Crippen LogP contribution in [0.5, 0.6) is 0 Å². The molecule has 132 valence electrons. The maximum atomic E-state index is 12.3. The molecule has 0 aliphatic rings.